The molecule has 0 aliphatic carbocycles. The number of hydrogen-bond acceptors (Lipinski definition) is 3. The summed E-state index contributed by atoms with van der Waals surface area (Å²) in [7, 11) is 0. The molecule has 0 saturated carbocycles. The van der Waals surface area contributed by atoms with Gasteiger partial charge in [0, 0.05) is 23.4 Å². The summed E-state index contributed by atoms with van der Waals surface area (Å²) in [6.45, 7) is 0.835. The lowest BCUT2D eigenvalue weighted by molar-refractivity contribution is 0.0588. The Bertz CT molecular complexity index is 472. The van der Waals surface area contributed by atoms with Crippen molar-refractivity contribution in [3.8, 4) is 0 Å². The van der Waals surface area contributed by atoms with Crippen molar-refractivity contribution >= 4 is 11.3 Å². The number of thiophene rings is 1. The Labute approximate surface area is 110 Å². The van der Waals surface area contributed by atoms with Crippen LogP contribution >= 0.6 is 11.3 Å². The summed E-state index contributed by atoms with van der Waals surface area (Å²) in [5, 5.41) is 2.03. The minimum Gasteiger partial charge on any atom is -0.372 e. The molecule has 18 heavy (non-hydrogen) atoms. The lowest BCUT2D eigenvalue weighted by Crippen LogP contribution is -2.18. The Morgan fingerprint density at radius 3 is 2.72 bits per heavy atom. The molecule has 2 rings (SSSR count). The fourth-order valence-corrected chi connectivity index (χ4v) is 2.47. The first-order valence-corrected chi connectivity index (χ1v) is 6.77. The molecule has 0 aliphatic rings. The van der Waals surface area contributed by atoms with Crippen LogP contribution in [-0.2, 0) is 11.2 Å². The van der Waals surface area contributed by atoms with E-state index in [0.29, 0.717) is 12.2 Å². The van der Waals surface area contributed by atoms with Crippen molar-refractivity contribution in [1.29, 1.82) is 0 Å². The van der Waals surface area contributed by atoms with Crippen LogP contribution in [0.25, 0.3) is 0 Å². The fourth-order valence-electron chi connectivity index (χ4n) is 1.78. The van der Waals surface area contributed by atoms with Crippen molar-refractivity contribution in [3.05, 3.63) is 58.0 Å². The van der Waals surface area contributed by atoms with Gasteiger partial charge in [-0.05, 0) is 17.5 Å². The summed E-state index contributed by atoms with van der Waals surface area (Å²) >= 11 is 1.70. The highest BCUT2D eigenvalue weighted by Gasteiger charge is 2.14. The van der Waals surface area contributed by atoms with Gasteiger partial charge in [-0.25, -0.2) is 4.39 Å². The summed E-state index contributed by atoms with van der Waals surface area (Å²) in [6.07, 6.45) is 0.467. The second-order valence-corrected chi connectivity index (χ2v) is 4.98. The van der Waals surface area contributed by atoms with Crippen LogP contribution in [-0.4, -0.2) is 13.2 Å². The van der Waals surface area contributed by atoms with E-state index in [-0.39, 0.29) is 18.5 Å². The molecular weight excluding hydrogens is 249 g/mol. The Hall–Kier alpha value is -1.23. The zero-order chi connectivity index (χ0) is 12.8. The van der Waals surface area contributed by atoms with Crippen LogP contribution in [0.15, 0.2) is 41.8 Å². The van der Waals surface area contributed by atoms with E-state index in [1.165, 1.54) is 10.9 Å². The lowest BCUT2D eigenvalue weighted by atomic mass is 10.1. The predicted molar refractivity (Wildman–Crippen MR) is 72.2 cm³/mol. The van der Waals surface area contributed by atoms with Crippen molar-refractivity contribution in [2.75, 3.05) is 13.2 Å². The molecule has 0 fully saturated rings. The molecule has 1 heterocycles. The van der Waals surface area contributed by atoms with E-state index >= 15 is 0 Å². The van der Waals surface area contributed by atoms with Gasteiger partial charge in [0.15, 0.2) is 0 Å². The van der Waals surface area contributed by atoms with Crippen LogP contribution < -0.4 is 5.73 Å². The van der Waals surface area contributed by atoms with Gasteiger partial charge >= 0.3 is 0 Å². The van der Waals surface area contributed by atoms with Crippen molar-refractivity contribution in [2.45, 2.75) is 12.5 Å². The van der Waals surface area contributed by atoms with Crippen LogP contribution in [0.2, 0.25) is 0 Å². The van der Waals surface area contributed by atoms with Gasteiger partial charge < -0.3 is 10.5 Å². The zero-order valence-corrected chi connectivity index (χ0v) is 10.8. The van der Waals surface area contributed by atoms with Crippen molar-refractivity contribution < 1.29 is 9.13 Å². The maximum Gasteiger partial charge on any atom is 0.129 e. The second-order valence-electron chi connectivity index (χ2n) is 3.95. The summed E-state index contributed by atoms with van der Waals surface area (Å²) in [5.74, 6) is -0.260. The lowest BCUT2D eigenvalue weighted by Gasteiger charge is -2.16. The van der Waals surface area contributed by atoms with Crippen LogP contribution in [0.4, 0.5) is 4.39 Å². The largest absolute Gasteiger partial charge is 0.372 e. The summed E-state index contributed by atoms with van der Waals surface area (Å²) in [4.78, 5) is 1.26. The molecule has 0 bridgehead atoms. The second kappa shape index (κ2) is 6.64. The van der Waals surface area contributed by atoms with E-state index in [0.717, 1.165) is 6.42 Å². The average Bonchev–Trinajstić information content (AvgIpc) is 2.89. The van der Waals surface area contributed by atoms with E-state index < -0.39 is 0 Å². The highest BCUT2D eigenvalue weighted by atomic mass is 32.1. The van der Waals surface area contributed by atoms with Crippen molar-refractivity contribution in [3.63, 3.8) is 0 Å². The molecule has 2 N–H and O–H groups in total. The minimum absolute atomic E-state index is 0.260. The third kappa shape index (κ3) is 3.38. The first-order chi connectivity index (χ1) is 8.81. The topological polar surface area (TPSA) is 35.2 Å². The van der Waals surface area contributed by atoms with Gasteiger partial charge in [-0.1, -0.05) is 24.3 Å². The standard InChI is InChI=1S/C14H16FNOS/c15-13-6-2-1-5-12(13)14(10-16)17-8-7-11-4-3-9-18-11/h1-6,9,14H,7-8,10,16H2. The molecule has 1 unspecified atom stereocenters. The fraction of sp³-hybridized carbons (Fsp3) is 0.286. The van der Waals surface area contributed by atoms with E-state index in [4.69, 9.17) is 10.5 Å². The SMILES string of the molecule is NCC(OCCc1cccs1)c1ccccc1F. The van der Waals surface area contributed by atoms with Gasteiger partial charge in [0.05, 0.1) is 12.7 Å². The number of rotatable bonds is 6. The van der Waals surface area contributed by atoms with Gasteiger partial charge in [-0.3, -0.25) is 0 Å². The Morgan fingerprint density at radius 1 is 1.22 bits per heavy atom. The smallest absolute Gasteiger partial charge is 0.129 e. The third-order valence-corrected chi connectivity index (χ3v) is 3.65. The Morgan fingerprint density at radius 2 is 2.06 bits per heavy atom. The molecule has 1 aromatic heterocycles. The first kappa shape index (κ1) is 13.2. The summed E-state index contributed by atoms with van der Waals surface area (Å²) < 4.78 is 19.3. The summed E-state index contributed by atoms with van der Waals surface area (Å²) in [5.41, 5.74) is 6.18. The number of hydrogen-bond donors (Lipinski definition) is 1. The molecular formula is C14H16FNOS. The molecule has 0 amide bonds. The van der Waals surface area contributed by atoms with E-state index in [1.54, 1.807) is 29.5 Å². The zero-order valence-electron chi connectivity index (χ0n) is 10.0. The monoisotopic (exact) mass is 265 g/mol. The molecule has 4 heteroatoms. The molecule has 1 atom stereocenters. The van der Waals surface area contributed by atoms with E-state index in [9.17, 15) is 4.39 Å². The molecule has 0 saturated heterocycles. The van der Waals surface area contributed by atoms with Gasteiger partial charge in [0.2, 0.25) is 0 Å². The van der Waals surface area contributed by atoms with E-state index in [1.807, 2.05) is 11.4 Å². The Balaban J connectivity index is 1.91. The van der Waals surface area contributed by atoms with Gasteiger partial charge in [0.1, 0.15) is 5.82 Å². The first-order valence-electron chi connectivity index (χ1n) is 5.89. The summed E-state index contributed by atoms with van der Waals surface area (Å²) in [6, 6.07) is 10.7. The maximum atomic E-state index is 13.6. The number of halogens is 1. The van der Waals surface area contributed by atoms with Crippen LogP contribution in [0.1, 0.15) is 16.5 Å². The van der Waals surface area contributed by atoms with Gasteiger partial charge in [0.25, 0.3) is 0 Å². The van der Waals surface area contributed by atoms with Crippen LogP contribution in [0.3, 0.4) is 0 Å². The van der Waals surface area contributed by atoms with Gasteiger partial charge in [-0.15, -0.1) is 11.3 Å². The predicted octanol–water partition coefficient (Wildman–Crippen LogP) is 3.15. The minimum atomic E-state index is -0.369. The molecule has 1 aromatic carbocycles. The van der Waals surface area contributed by atoms with Crippen LogP contribution in [0, 0.1) is 5.82 Å². The number of ether oxygens (including phenoxy) is 1. The molecule has 0 aliphatic heterocycles. The van der Waals surface area contributed by atoms with Gasteiger partial charge in [-0.2, -0.15) is 0 Å². The highest BCUT2D eigenvalue weighted by molar-refractivity contribution is 7.09. The third-order valence-electron chi connectivity index (χ3n) is 2.71. The average molecular weight is 265 g/mol. The Kier molecular flexibility index (Phi) is 4.87. The molecule has 0 radical (unpaired) electrons. The number of nitrogens with two attached hydrogens (primary N) is 1. The van der Waals surface area contributed by atoms with E-state index in [2.05, 4.69) is 6.07 Å². The molecule has 2 nitrogen and oxygen atoms in total. The van der Waals surface area contributed by atoms with Crippen LogP contribution in [0.5, 0.6) is 0 Å². The molecule has 96 valence electrons. The quantitative estimate of drug-likeness (QED) is 0.871. The highest BCUT2D eigenvalue weighted by Crippen LogP contribution is 2.20. The van der Waals surface area contributed by atoms with Crippen molar-refractivity contribution in [1.82, 2.24) is 0 Å². The molecule has 2 aromatic rings. The van der Waals surface area contributed by atoms with Crippen molar-refractivity contribution in [2.24, 2.45) is 5.73 Å². The molecule has 0 spiro atoms. The normalized spacial score (nSPS) is 12.6. The maximum absolute atomic E-state index is 13.6. The number of benzene rings is 1.